The van der Waals surface area contributed by atoms with Gasteiger partial charge in [0.05, 0.1) is 33.8 Å². The summed E-state index contributed by atoms with van der Waals surface area (Å²) in [6, 6.07) is -0.882. The molecule has 0 radical (unpaired) electrons. The number of carbonyl (C=O) groups excluding carboxylic acids is 2. The third kappa shape index (κ3) is 57.0. The number of likely N-dealkylation sites (N-methyl/N-ethyl adjacent to an activating group) is 1. The second-order valence-corrected chi connectivity index (χ2v) is 25.0. The lowest BCUT2D eigenvalue weighted by Gasteiger charge is -2.30. The highest BCUT2D eigenvalue weighted by Gasteiger charge is 2.27. The van der Waals surface area contributed by atoms with Crippen LogP contribution in [0.1, 0.15) is 329 Å². The van der Waals surface area contributed by atoms with Gasteiger partial charge < -0.3 is 28.5 Å². The van der Waals surface area contributed by atoms with Gasteiger partial charge in [-0.25, -0.2) is 0 Å². The van der Waals surface area contributed by atoms with Crippen molar-refractivity contribution in [2.45, 2.75) is 341 Å². The van der Waals surface area contributed by atoms with Crippen LogP contribution in [0.5, 0.6) is 0 Å². The molecule has 0 aromatic heterocycles. The van der Waals surface area contributed by atoms with Gasteiger partial charge in [0.25, 0.3) is 7.82 Å². The van der Waals surface area contributed by atoms with Crippen LogP contribution in [0.4, 0.5) is 0 Å². The largest absolute Gasteiger partial charge is 0.756 e. The average molecular weight is 1080 g/mol. The Kier molecular flexibility index (Phi) is 54.7. The van der Waals surface area contributed by atoms with E-state index < -0.39 is 20.0 Å². The number of allylic oxidation sites excluding steroid dienone is 3. The maximum absolute atomic E-state index is 13.5. The quantitative estimate of drug-likeness (QED) is 0.0212. The zero-order valence-corrected chi connectivity index (χ0v) is 51.7. The highest BCUT2D eigenvalue weighted by molar-refractivity contribution is 7.45. The maximum atomic E-state index is 13.5. The fourth-order valence-corrected chi connectivity index (χ4v) is 10.5. The molecular weight excluding hydrogens is 952 g/mol. The Bertz CT molecular complexity index is 1340. The average Bonchev–Trinajstić information content (AvgIpc) is 3.37. The number of amides is 1. The van der Waals surface area contributed by atoms with Crippen molar-refractivity contribution in [3.05, 3.63) is 24.3 Å². The number of phosphoric acid groups is 1. The van der Waals surface area contributed by atoms with E-state index in [2.05, 4.69) is 38.2 Å². The van der Waals surface area contributed by atoms with Gasteiger partial charge in [0, 0.05) is 12.8 Å². The number of hydrogen-bond donors (Lipinski definition) is 1. The molecule has 3 unspecified atom stereocenters. The second kappa shape index (κ2) is 55.8. The predicted molar refractivity (Wildman–Crippen MR) is 321 cm³/mol. The molecule has 1 N–H and O–H groups in total. The van der Waals surface area contributed by atoms with E-state index in [-0.39, 0.29) is 31.5 Å². The predicted octanol–water partition coefficient (Wildman–Crippen LogP) is 19.5. The standard InChI is InChI=1S/C65H127N2O7P/c1-7-10-13-16-19-22-25-28-30-31-32-33-34-35-36-37-38-39-42-45-48-51-54-57-64(68)66-62(61-73-75(70,71)72-60-59-67(4,5)6)63(56-53-50-47-44-41-27-24-21-18-15-12-9-3)74-65(69)58-55-52-49-46-43-40-29-26-23-20-17-14-11-8-2/h28,30,53,56,62-63H,7-27,29,31-52,54-55,57-61H2,1-6H3,(H-,66,68,70,71)/b30-28+,56-53-. The van der Waals surface area contributed by atoms with Gasteiger partial charge in [-0.15, -0.1) is 0 Å². The number of nitrogens with zero attached hydrogens (tertiary/aromatic N) is 1. The van der Waals surface area contributed by atoms with Crippen LogP contribution in [-0.4, -0.2) is 69.4 Å². The van der Waals surface area contributed by atoms with E-state index in [4.69, 9.17) is 13.8 Å². The first-order chi connectivity index (χ1) is 36.4. The topological polar surface area (TPSA) is 114 Å². The zero-order chi connectivity index (χ0) is 55.0. The van der Waals surface area contributed by atoms with Gasteiger partial charge in [-0.2, -0.15) is 0 Å². The Hall–Kier alpha value is -1.51. The zero-order valence-electron chi connectivity index (χ0n) is 50.8. The van der Waals surface area contributed by atoms with Crippen LogP contribution in [0, 0.1) is 0 Å². The number of phosphoric ester groups is 1. The Morgan fingerprint density at radius 1 is 0.453 bits per heavy atom. The van der Waals surface area contributed by atoms with Crippen molar-refractivity contribution in [3.8, 4) is 0 Å². The number of nitrogens with one attached hydrogen (secondary N) is 1. The second-order valence-electron chi connectivity index (χ2n) is 23.6. The molecule has 0 heterocycles. The molecule has 0 rings (SSSR count). The minimum atomic E-state index is -4.69. The molecule has 9 nitrogen and oxygen atoms in total. The molecule has 444 valence electrons. The first-order valence-electron chi connectivity index (χ1n) is 32.6. The minimum Gasteiger partial charge on any atom is -0.756 e. The number of unbranched alkanes of at least 4 members (excludes halogenated alkanes) is 42. The molecule has 0 aromatic rings. The van der Waals surface area contributed by atoms with Gasteiger partial charge in [-0.05, 0) is 57.4 Å². The van der Waals surface area contributed by atoms with Crippen molar-refractivity contribution in [2.24, 2.45) is 0 Å². The van der Waals surface area contributed by atoms with Gasteiger partial charge in [0.2, 0.25) is 5.91 Å². The molecule has 0 aliphatic rings. The van der Waals surface area contributed by atoms with E-state index in [1.165, 1.54) is 238 Å². The molecule has 0 spiro atoms. The first-order valence-corrected chi connectivity index (χ1v) is 34.1. The molecule has 0 fully saturated rings. The number of ether oxygens (including phenoxy) is 1. The van der Waals surface area contributed by atoms with Crippen molar-refractivity contribution in [3.63, 3.8) is 0 Å². The summed E-state index contributed by atoms with van der Waals surface area (Å²) in [4.78, 5) is 40.0. The summed E-state index contributed by atoms with van der Waals surface area (Å²) in [6.45, 7) is 6.88. The summed E-state index contributed by atoms with van der Waals surface area (Å²) < 4.78 is 30.3. The van der Waals surface area contributed by atoms with Gasteiger partial charge in [-0.1, -0.05) is 283 Å². The van der Waals surface area contributed by atoms with E-state index in [9.17, 15) is 19.0 Å². The van der Waals surface area contributed by atoms with Crippen molar-refractivity contribution < 1.29 is 37.3 Å². The van der Waals surface area contributed by atoms with E-state index >= 15 is 0 Å². The smallest absolute Gasteiger partial charge is 0.306 e. The lowest BCUT2D eigenvalue weighted by molar-refractivity contribution is -0.870. The summed E-state index contributed by atoms with van der Waals surface area (Å²) in [5, 5.41) is 3.04. The summed E-state index contributed by atoms with van der Waals surface area (Å²) in [5.74, 6) is -0.523. The molecule has 0 saturated carbocycles. The third-order valence-corrected chi connectivity index (χ3v) is 15.8. The summed E-state index contributed by atoms with van der Waals surface area (Å²) in [6.07, 6.45) is 65.7. The van der Waals surface area contributed by atoms with E-state index in [0.29, 0.717) is 17.4 Å². The summed E-state index contributed by atoms with van der Waals surface area (Å²) in [5.41, 5.74) is 0. The molecular formula is C65H127N2O7P. The summed E-state index contributed by atoms with van der Waals surface area (Å²) in [7, 11) is 1.20. The molecule has 0 bridgehead atoms. The lowest BCUT2D eigenvalue weighted by Crippen LogP contribution is -2.47. The molecule has 0 aromatic carbocycles. The fraction of sp³-hybridized carbons (Fsp3) is 0.908. The Morgan fingerprint density at radius 2 is 0.773 bits per heavy atom. The van der Waals surface area contributed by atoms with E-state index in [0.717, 1.165) is 57.8 Å². The third-order valence-electron chi connectivity index (χ3n) is 14.9. The van der Waals surface area contributed by atoms with Crippen molar-refractivity contribution in [2.75, 3.05) is 40.9 Å². The monoisotopic (exact) mass is 1080 g/mol. The number of rotatable bonds is 60. The van der Waals surface area contributed by atoms with Crippen LogP contribution >= 0.6 is 7.82 Å². The minimum absolute atomic E-state index is 0.0183. The van der Waals surface area contributed by atoms with E-state index in [1.807, 2.05) is 33.3 Å². The van der Waals surface area contributed by atoms with Crippen molar-refractivity contribution in [1.29, 1.82) is 0 Å². The van der Waals surface area contributed by atoms with Gasteiger partial charge in [0.15, 0.2) is 0 Å². The van der Waals surface area contributed by atoms with E-state index in [1.54, 1.807) is 0 Å². The highest BCUT2D eigenvalue weighted by atomic mass is 31.2. The number of carbonyl (C=O) groups is 2. The van der Waals surface area contributed by atoms with Crippen LogP contribution < -0.4 is 10.2 Å². The number of esters is 1. The SMILES string of the molecule is CCCCCCCC/C=C/CCCCCCCCCCCCCCCC(=O)NC(COP(=O)([O-])OCC[N+](C)(C)C)C(/C=C\CCCCCCCCCCCC)OC(=O)CCCCCCCCCCCCCCCC. The van der Waals surface area contributed by atoms with Crippen LogP contribution in [0.25, 0.3) is 0 Å². The molecule has 0 saturated heterocycles. The molecule has 1 amide bonds. The van der Waals surface area contributed by atoms with Crippen LogP contribution in [-0.2, 0) is 27.9 Å². The highest BCUT2D eigenvalue weighted by Crippen LogP contribution is 2.38. The van der Waals surface area contributed by atoms with Crippen LogP contribution in [0.2, 0.25) is 0 Å². The fourth-order valence-electron chi connectivity index (χ4n) is 9.81. The van der Waals surface area contributed by atoms with Gasteiger partial charge >= 0.3 is 5.97 Å². The normalized spacial score (nSPS) is 13.7. The Morgan fingerprint density at radius 3 is 1.13 bits per heavy atom. The molecule has 75 heavy (non-hydrogen) atoms. The van der Waals surface area contributed by atoms with Crippen molar-refractivity contribution >= 4 is 19.7 Å². The van der Waals surface area contributed by atoms with Crippen molar-refractivity contribution in [1.82, 2.24) is 5.32 Å². The van der Waals surface area contributed by atoms with Gasteiger partial charge in [-0.3, -0.25) is 14.2 Å². The maximum Gasteiger partial charge on any atom is 0.306 e. The molecule has 10 heteroatoms. The Labute approximate surface area is 466 Å². The number of quaternary nitrogens is 1. The van der Waals surface area contributed by atoms with Crippen LogP contribution in [0.3, 0.4) is 0 Å². The first kappa shape index (κ1) is 73.5. The molecule has 0 aliphatic heterocycles. The molecule has 0 aliphatic carbocycles. The molecule has 3 atom stereocenters. The van der Waals surface area contributed by atoms with Crippen LogP contribution in [0.15, 0.2) is 24.3 Å². The lowest BCUT2D eigenvalue weighted by atomic mass is 10.0. The summed E-state index contributed by atoms with van der Waals surface area (Å²) >= 11 is 0. The van der Waals surface area contributed by atoms with Gasteiger partial charge in [0.1, 0.15) is 19.3 Å². The Balaban J connectivity index is 5.10. The number of hydrogen-bond acceptors (Lipinski definition) is 7.